The van der Waals surface area contributed by atoms with Crippen LogP contribution in [0.3, 0.4) is 0 Å². The van der Waals surface area contributed by atoms with Crippen molar-refractivity contribution in [3.05, 3.63) is 30.0 Å². The summed E-state index contributed by atoms with van der Waals surface area (Å²) in [5.41, 5.74) is 0.516. The summed E-state index contributed by atoms with van der Waals surface area (Å²) < 4.78 is 10.3. The number of nitriles is 1. The average Bonchev–Trinajstić information content (AvgIpc) is 2.47. The van der Waals surface area contributed by atoms with E-state index in [0.29, 0.717) is 17.2 Å². The first kappa shape index (κ1) is 16.4. The van der Waals surface area contributed by atoms with Crippen LogP contribution in [0.15, 0.2) is 30.0 Å². The summed E-state index contributed by atoms with van der Waals surface area (Å²) in [6.07, 6.45) is 1.40. The number of amides is 1. The van der Waals surface area contributed by atoms with Crippen LogP contribution in [0.4, 0.5) is 5.69 Å². The van der Waals surface area contributed by atoms with Crippen LogP contribution in [0.5, 0.6) is 11.5 Å². The Labute approximate surface area is 124 Å². The molecular weight excluding hydrogens is 270 g/mol. The van der Waals surface area contributed by atoms with Gasteiger partial charge in [-0.1, -0.05) is 0 Å². The molecule has 1 rings (SSSR count). The molecule has 0 aliphatic heterocycles. The Balaban J connectivity index is 2.87. The van der Waals surface area contributed by atoms with Gasteiger partial charge in [0.2, 0.25) is 0 Å². The fraction of sp³-hybridized carbons (Fsp3) is 0.333. The SMILES string of the molecule is COc1ccc(NC(=O)/C(C#N)=C\NC(C)C)cc1OC. The maximum absolute atomic E-state index is 12.0. The number of carbonyl (C=O) groups excluding carboxylic acids is 1. The molecule has 0 radical (unpaired) electrons. The van der Waals surface area contributed by atoms with Gasteiger partial charge in [-0.2, -0.15) is 5.26 Å². The second-order valence-electron chi connectivity index (χ2n) is 4.52. The van der Waals surface area contributed by atoms with Gasteiger partial charge in [-0.25, -0.2) is 0 Å². The first-order valence-corrected chi connectivity index (χ1v) is 6.41. The average molecular weight is 289 g/mol. The molecule has 0 atom stereocenters. The fourth-order valence-electron chi connectivity index (χ4n) is 1.51. The molecule has 0 bridgehead atoms. The highest BCUT2D eigenvalue weighted by Gasteiger charge is 2.11. The van der Waals surface area contributed by atoms with E-state index in [1.165, 1.54) is 20.4 Å². The molecule has 0 aliphatic rings. The second kappa shape index (κ2) is 7.80. The minimum atomic E-state index is -0.488. The minimum absolute atomic E-state index is 0.00140. The summed E-state index contributed by atoms with van der Waals surface area (Å²) in [6, 6.07) is 6.97. The highest BCUT2D eigenvalue weighted by atomic mass is 16.5. The van der Waals surface area contributed by atoms with Crippen LogP contribution in [0, 0.1) is 11.3 Å². The Morgan fingerprint density at radius 2 is 1.95 bits per heavy atom. The molecular formula is C15H19N3O3. The van der Waals surface area contributed by atoms with E-state index in [2.05, 4.69) is 10.6 Å². The van der Waals surface area contributed by atoms with Gasteiger partial charge in [0.15, 0.2) is 11.5 Å². The molecule has 1 aromatic carbocycles. The molecule has 0 unspecified atom stereocenters. The number of hydrogen-bond acceptors (Lipinski definition) is 5. The topological polar surface area (TPSA) is 83.4 Å². The lowest BCUT2D eigenvalue weighted by Gasteiger charge is -2.10. The van der Waals surface area contributed by atoms with Crippen molar-refractivity contribution >= 4 is 11.6 Å². The quantitative estimate of drug-likeness (QED) is 0.618. The van der Waals surface area contributed by atoms with Crippen LogP contribution in [-0.4, -0.2) is 26.2 Å². The highest BCUT2D eigenvalue weighted by molar-refractivity contribution is 6.06. The molecule has 0 aliphatic carbocycles. The summed E-state index contributed by atoms with van der Waals surface area (Å²) in [5, 5.41) is 14.6. The highest BCUT2D eigenvalue weighted by Crippen LogP contribution is 2.29. The van der Waals surface area contributed by atoms with E-state index >= 15 is 0 Å². The van der Waals surface area contributed by atoms with E-state index in [0.717, 1.165) is 0 Å². The summed E-state index contributed by atoms with van der Waals surface area (Å²) in [4.78, 5) is 12.0. The molecule has 2 N–H and O–H groups in total. The molecule has 0 saturated heterocycles. The molecule has 0 heterocycles. The van der Waals surface area contributed by atoms with E-state index in [1.807, 2.05) is 19.9 Å². The Morgan fingerprint density at radius 3 is 2.48 bits per heavy atom. The smallest absolute Gasteiger partial charge is 0.267 e. The first-order chi connectivity index (χ1) is 10.0. The van der Waals surface area contributed by atoms with Crippen molar-refractivity contribution in [3.63, 3.8) is 0 Å². The lowest BCUT2D eigenvalue weighted by molar-refractivity contribution is -0.112. The summed E-state index contributed by atoms with van der Waals surface area (Å²) >= 11 is 0. The molecule has 0 aromatic heterocycles. The predicted molar refractivity (Wildman–Crippen MR) is 80.1 cm³/mol. The van der Waals surface area contributed by atoms with Gasteiger partial charge >= 0.3 is 0 Å². The normalized spacial score (nSPS) is 10.8. The van der Waals surface area contributed by atoms with Gasteiger partial charge in [0.25, 0.3) is 5.91 Å². The van der Waals surface area contributed by atoms with Crippen LogP contribution in [-0.2, 0) is 4.79 Å². The molecule has 1 aromatic rings. The number of anilines is 1. The Bertz CT molecular complexity index is 574. The monoisotopic (exact) mass is 289 g/mol. The third-order valence-corrected chi connectivity index (χ3v) is 2.57. The summed E-state index contributed by atoms with van der Waals surface area (Å²) in [6.45, 7) is 3.83. The summed E-state index contributed by atoms with van der Waals surface area (Å²) in [5.74, 6) is 0.573. The van der Waals surface area contributed by atoms with Crippen molar-refractivity contribution in [2.75, 3.05) is 19.5 Å². The summed E-state index contributed by atoms with van der Waals surface area (Å²) in [7, 11) is 3.04. The van der Waals surface area contributed by atoms with Gasteiger partial charge < -0.3 is 20.1 Å². The number of carbonyl (C=O) groups is 1. The number of rotatable bonds is 6. The van der Waals surface area contributed by atoms with Crippen molar-refractivity contribution in [1.29, 1.82) is 5.26 Å². The third kappa shape index (κ3) is 4.73. The molecule has 1 amide bonds. The molecule has 112 valence electrons. The van der Waals surface area contributed by atoms with Crippen LogP contribution < -0.4 is 20.1 Å². The van der Waals surface area contributed by atoms with E-state index < -0.39 is 5.91 Å². The third-order valence-electron chi connectivity index (χ3n) is 2.57. The van der Waals surface area contributed by atoms with Crippen LogP contribution in [0.2, 0.25) is 0 Å². The lowest BCUT2D eigenvalue weighted by Crippen LogP contribution is -2.20. The molecule has 6 heteroatoms. The van der Waals surface area contributed by atoms with Crippen molar-refractivity contribution in [1.82, 2.24) is 5.32 Å². The van der Waals surface area contributed by atoms with Crippen LogP contribution in [0.1, 0.15) is 13.8 Å². The second-order valence-corrected chi connectivity index (χ2v) is 4.52. The van der Waals surface area contributed by atoms with Gasteiger partial charge in [0.1, 0.15) is 11.6 Å². The van der Waals surface area contributed by atoms with Crippen molar-refractivity contribution in [3.8, 4) is 17.6 Å². The zero-order valence-corrected chi connectivity index (χ0v) is 12.6. The van der Waals surface area contributed by atoms with E-state index in [4.69, 9.17) is 14.7 Å². The van der Waals surface area contributed by atoms with Gasteiger partial charge in [-0.05, 0) is 26.0 Å². The van der Waals surface area contributed by atoms with Gasteiger partial charge in [0, 0.05) is 24.0 Å². The van der Waals surface area contributed by atoms with E-state index in [1.54, 1.807) is 18.2 Å². The Morgan fingerprint density at radius 1 is 1.29 bits per heavy atom. The molecule has 0 spiro atoms. The number of nitrogens with one attached hydrogen (secondary N) is 2. The molecule has 0 fully saturated rings. The standard InChI is InChI=1S/C15H19N3O3/c1-10(2)17-9-11(8-16)15(19)18-12-5-6-13(20-3)14(7-12)21-4/h5-7,9-10,17H,1-4H3,(H,18,19)/b11-9-. The molecule has 0 saturated carbocycles. The van der Waals surface area contributed by atoms with Crippen LogP contribution in [0.25, 0.3) is 0 Å². The zero-order valence-electron chi connectivity index (χ0n) is 12.6. The number of ether oxygens (including phenoxy) is 2. The Kier molecular flexibility index (Phi) is 6.08. The molecule has 6 nitrogen and oxygen atoms in total. The van der Waals surface area contributed by atoms with E-state index in [-0.39, 0.29) is 11.6 Å². The van der Waals surface area contributed by atoms with Crippen LogP contribution >= 0.6 is 0 Å². The molecule has 21 heavy (non-hydrogen) atoms. The van der Waals surface area contributed by atoms with Crippen molar-refractivity contribution in [2.24, 2.45) is 0 Å². The zero-order chi connectivity index (χ0) is 15.8. The maximum atomic E-state index is 12.0. The first-order valence-electron chi connectivity index (χ1n) is 6.41. The van der Waals surface area contributed by atoms with Gasteiger partial charge in [-0.15, -0.1) is 0 Å². The lowest BCUT2D eigenvalue weighted by atomic mass is 10.2. The number of hydrogen-bond donors (Lipinski definition) is 2. The van der Waals surface area contributed by atoms with Crippen molar-refractivity contribution < 1.29 is 14.3 Å². The van der Waals surface area contributed by atoms with Gasteiger partial charge in [-0.3, -0.25) is 4.79 Å². The maximum Gasteiger partial charge on any atom is 0.267 e. The number of benzene rings is 1. The number of nitrogens with zero attached hydrogens (tertiary/aromatic N) is 1. The van der Waals surface area contributed by atoms with Gasteiger partial charge in [0.05, 0.1) is 14.2 Å². The van der Waals surface area contributed by atoms with Crippen molar-refractivity contribution in [2.45, 2.75) is 19.9 Å². The number of methoxy groups -OCH3 is 2. The predicted octanol–water partition coefficient (Wildman–Crippen LogP) is 2.05. The largest absolute Gasteiger partial charge is 0.493 e. The van der Waals surface area contributed by atoms with E-state index in [9.17, 15) is 4.79 Å². The Hall–Kier alpha value is -2.68. The fourth-order valence-corrected chi connectivity index (χ4v) is 1.51. The minimum Gasteiger partial charge on any atom is -0.493 e.